The molecule has 0 radical (unpaired) electrons. The fourth-order valence-corrected chi connectivity index (χ4v) is 0.770. The summed E-state index contributed by atoms with van der Waals surface area (Å²) in [6.45, 7) is 3.97. The van der Waals surface area contributed by atoms with E-state index >= 15 is 0 Å². The molecule has 1 rings (SSSR count). The Labute approximate surface area is 100 Å². The number of ketones is 2. The summed E-state index contributed by atoms with van der Waals surface area (Å²) in [7, 11) is 0. The maximum atomic E-state index is 10.6. The number of hydrogen-bond acceptors (Lipinski definition) is 4. The highest BCUT2D eigenvalue weighted by Crippen LogP contribution is 2.09. The van der Waals surface area contributed by atoms with Gasteiger partial charge in [-0.15, -0.1) is 0 Å². The number of carbonyl (C=O) groups is 3. The van der Waals surface area contributed by atoms with Crippen molar-refractivity contribution in [3.05, 3.63) is 24.3 Å². The Morgan fingerprint density at radius 3 is 1.65 bits per heavy atom. The van der Waals surface area contributed by atoms with E-state index in [1.807, 2.05) is 0 Å². The number of Topliss-reactive ketones (excluding diaryl/α,β-unsaturated/α-hetero) is 2. The van der Waals surface area contributed by atoms with E-state index in [0.29, 0.717) is 5.69 Å². The van der Waals surface area contributed by atoms with Crippen molar-refractivity contribution in [1.82, 2.24) is 0 Å². The Kier molecular flexibility index (Phi) is 6.25. The second-order valence-corrected chi connectivity index (χ2v) is 3.42. The molecule has 92 valence electrons. The van der Waals surface area contributed by atoms with Crippen molar-refractivity contribution >= 4 is 28.8 Å². The van der Waals surface area contributed by atoms with Crippen LogP contribution in [0.3, 0.4) is 0 Å². The predicted octanol–water partition coefficient (Wildman–Crippen LogP) is 1.39. The van der Waals surface area contributed by atoms with Crippen LogP contribution in [0.25, 0.3) is 0 Å². The van der Waals surface area contributed by atoms with Gasteiger partial charge in [-0.3, -0.25) is 14.4 Å². The summed E-state index contributed by atoms with van der Waals surface area (Å²) in [4.78, 5) is 30.1. The minimum atomic E-state index is -0.380. The summed E-state index contributed by atoms with van der Waals surface area (Å²) in [5, 5.41) is 2.64. The zero-order valence-corrected chi connectivity index (χ0v) is 10.1. The van der Waals surface area contributed by atoms with Gasteiger partial charge < -0.3 is 11.1 Å². The second-order valence-electron chi connectivity index (χ2n) is 3.42. The maximum absolute atomic E-state index is 10.6. The lowest BCUT2D eigenvalue weighted by molar-refractivity contribution is -0.134. The summed E-state index contributed by atoms with van der Waals surface area (Å²) < 4.78 is 0. The van der Waals surface area contributed by atoms with E-state index in [2.05, 4.69) is 5.32 Å². The zero-order valence-electron chi connectivity index (χ0n) is 10.1. The van der Waals surface area contributed by atoms with Gasteiger partial charge in [0.1, 0.15) is 0 Å². The molecule has 0 atom stereocenters. The van der Waals surface area contributed by atoms with Crippen LogP contribution < -0.4 is 11.1 Å². The van der Waals surface area contributed by atoms with Crippen molar-refractivity contribution in [1.29, 1.82) is 0 Å². The first-order valence-corrected chi connectivity index (χ1v) is 4.97. The van der Waals surface area contributed by atoms with Gasteiger partial charge in [-0.25, -0.2) is 0 Å². The number of nitrogens with two attached hydrogens (primary N) is 1. The molecule has 1 aromatic carbocycles. The van der Waals surface area contributed by atoms with Gasteiger partial charge in [-0.05, 0) is 24.3 Å². The Bertz CT molecular complexity index is 398. The molecule has 17 heavy (non-hydrogen) atoms. The maximum Gasteiger partial charge on any atom is 0.221 e. The first-order valence-electron chi connectivity index (χ1n) is 4.97. The molecule has 0 saturated carbocycles. The number of nitrogen functional groups attached to an aromatic ring is 1. The van der Waals surface area contributed by atoms with Crippen molar-refractivity contribution in [2.24, 2.45) is 0 Å². The normalized spacial score (nSPS) is 8.65. The molecule has 0 aromatic heterocycles. The highest BCUT2D eigenvalue weighted by molar-refractivity contribution is 6.35. The van der Waals surface area contributed by atoms with Gasteiger partial charge in [-0.1, -0.05) is 0 Å². The molecule has 1 aromatic rings. The fraction of sp³-hybridized carbons (Fsp3) is 0.250. The van der Waals surface area contributed by atoms with E-state index in [4.69, 9.17) is 5.73 Å². The van der Waals surface area contributed by atoms with Gasteiger partial charge in [0.25, 0.3) is 0 Å². The molecular formula is C12H16N2O3. The summed E-state index contributed by atoms with van der Waals surface area (Å²) in [6.07, 6.45) is 0. The highest BCUT2D eigenvalue weighted by atomic mass is 16.2. The van der Waals surface area contributed by atoms with Gasteiger partial charge in [0.2, 0.25) is 5.91 Å². The van der Waals surface area contributed by atoms with Gasteiger partial charge in [0.05, 0.1) is 0 Å². The smallest absolute Gasteiger partial charge is 0.221 e. The summed E-state index contributed by atoms with van der Waals surface area (Å²) in [5.74, 6) is -0.834. The molecule has 1 amide bonds. The summed E-state index contributed by atoms with van der Waals surface area (Å²) in [6, 6.07) is 7.00. The molecule has 0 unspecified atom stereocenters. The van der Waals surface area contributed by atoms with Crippen molar-refractivity contribution in [3.8, 4) is 0 Å². The Morgan fingerprint density at radius 2 is 1.35 bits per heavy atom. The minimum absolute atomic E-state index is 0.0743. The van der Waals surface area contributed by atoms with E-state index in [9.17, 15) is 14.4 Å². The van der Waals surface area contributed by atoms with Crippen LogP contribution in [0.5, 0.6) is 0 Å². The van der Waals surface area contributed by atoms with Crippen LogP contribution in [0.15, 0.2) is 24.3 Å². The molecule has 0 aliphatic rings. The zero-order chi connectivity index (χ0) is 13.4. The quantitative estimate of drug-likeness (QED) is 0.599. The van der Waals surface area contributed by atoms with E-state index in [1.54, 1.807) is 24.3 Å². The third kappa shape index (κ3) is 7.72. The van der Waals surface area contributed by atoms with Crippen LogP contribution >= 0.6 is 0 Å². The summed E-state index contributed by atoms with van der Waals surface area (Å²) in [5.41, 5.74) is 6.91. The van der Waals surface area contributed by atoms with Crippen LogP contribution in [0.4, 0.5) is 11.4 Å². The molecule has 0 aliphatic carbocycles. The van der Waals surface area contributed by atoms with Crippen molar-refractivity contribution in [2.75, 3.05) is 11.1 Å². The molecule has 0 aliphatic heterocycles. The molecule has 0 spiro atoms. The van der Waals surface area contributed by atoms with Gasteiger partial charge in [0, 0.05) is 32.1 Å². The van der Waals surface area contributed by atoms with E-state index in [-0.39, 0.29) is 17.5 Å². The third-order valence-electron chi connectivity index (χ3n) is 1.73. The Balaban J connectivity index is 0.000000366. The highest BCUT2D eigenvalue weighted by Gasteiger charge is 1.94. The third-order valence-corrected chi connectivity index (χ3v) is 1.73. The molecule has 0 fully saturated rings. The van der Waals surface area contributed by atoms with E-state index in [0.717, 1.165) is 5.69 Å². The predicted molar refractivity (Wildman–Crippen MR) is 66.5 cm³/mol. The lowest BCUT2D eigenvalue weighted by Crippen LogP contribution is -2.05. The van der Waals surface area contributed by atoms with Crippen molar-refractivity contribution in [2.45, 2.75) is 20.8 Å². The van der Waals surface area contributed by atoms with Gasteiger partial charge in [-0.2, -0.15) is 0 Å². The van der Waals surface area contributed by atoms with Crippen LogP contribution in [0, 0.1) is 0 Å². The monoisotopic (exact) mass is 236 g/mol. The average Bonchev–Trinajstić information content (AvgIpc) is 2.21. The number of hydrogen-bond donors (Lipinski definition) is 2. The van der Waals surface area contributed by atoms with Crippen molar-refractivity contribution < 1.29 is 14.4 Å². The molecular weight excluding hydrogens is 220 g/mol. The standard InChI is InChI=1S/C8H10N2O.C4H6O2/c1-6(11)10-8-4-2-7(9)3-5-8;1-3(5)4(2)6/h2-5H,9H2,1H3,(H,10,11);1-2H3. The molecule has 0 saturated heterocycles. The topological polar surface area (TPSA) is 89.3 Å². The van der Waals surface area contributed by atoms with E-state index < -0.39 is 0 Å². The Hall–Kier alpha value is -2.17. The molecule has 0 bridgehead atoms. The van der Waals surface area contributed by atoms with Crippen LogP contribution in [0.1, 0.15) is 20.8 Å². The lowest BCUT2D eigenvalue weighted by atomic mass is 10.3. The number of amides is 1. The number of anilines is 2. The second kappa shape index (κ2) is 7.16. The van der Waals surface area contributed by atoms with Crippen molar-refractivity contribution in [3.63, 3.8) is 0 Å². The SMILES string of the molecule is CC(=O)C(C)=O.CC(=O)Nc1ccc(N)cc1. The number of rotatable bonds is 2. The molecule has 5 heteroatoms. The largest absolute Gasteiger partial charge is 0.399 e. The fourth-order valence-electron chi connectivity index (χ4n) is 0.770. The number of nitrogens with one attached hydrogen (secondary N) is 1. The van der Waals surface area contributed by atoms with Crippen LogP contribution in [-0.4, -0.2) is 17.5 Å². The number of carbonyl (C=O) groups excluding carboxylic acids is 3. The summed E-state index contributed by atoms with van der Waals surface area (Å²) >= 11 is 0. The van der Waals surface area contributed by atoms with Gasteiger partial charge >= 0.3 is 0 Å². The number of benzene rings is 1. The van der Waals surface area contributed by atoms with Crippen LogP contribution in [-0.2, 0) is 14.4 Å². The molecule has 3 N–H and O–H groups in total. The minimum Gasteiger partial charge on any atom is -0.399 e. The lowest BCUT2D eigenvalue weighted by Gasteiger charge is -2.00. The average molecular weight is 236 g/mol. The van der Waals surface area contributed by atoms with Crippen LogP contribution in [0.2, 0.25) is 0 Å². The first kappa shape index (κ1) is 14.8. The molecule has 5 nitrogen and oxygen atoms in total. The Morgan fingerprint density at radius 1 is 0.941 bits per heavy atom. The van der Waals surface area contributed by atoms with E-state index in [1.165, 1.54) is 20.8 Å². The first-order chi connectivity index (χ1) is 7.82. The molecule has 0 heterocycles. The van der Waals surface area contributed by atoms with Gasteiger partial charge in [0.15, 0.2) is 11.6 Å².